The number of aliphatic carboxylic acids is 2. The van der Waals surface area contributed by atoms with Gasteiger partial charge in [0.1, 0.15) is 5.75 Å². The van der Waals surface area contributed by atoms with Crippen molar-refractivity contribution in [3.05, 3.63) is 52.6 Å². The summed E-state index contributed by atoms with van der Waals surface area (Å²) in [4.78, 5) is 30.0. The fourth-order valence-corrected chi connectivity index (χ4v) is 2.54. The molecule has 0 saturated carbocycles. The summed E-state index contributed by atoms with van der Waals surface area (Å²) in [6.07, 6.45) is 2.76. The number of phenolic OH excluding ortho intramolecular Hbond substituents is 1. The van der Waals surface area contributed by atoms with Crippen molar-refractivity contribution in [2.45, 2.75) is 13.8 Å². The summed E-state index contributed by atoms with van der Waals surface area (Å²) in [5, 5.41) is 30.1. The van der Waals surface area contributed by atoms with E-state index in [1.54, 1.807) is 19.3 Å². The van der Waals surface area contributed by atoms with Gasteiger partial charge in [-0.2, -0.15) is 0 Å². The van der Waals surface area contributed by atoms with E-state index in [0.29, 0.717) is 28.9 Å². The van der Waals surface area contributed by atoms with Crippen LogP contribution in [0.2, 0.25) is 0 Å². The number of hydrogen-bond donors (Lipinski definition) is 3. The van der Waals surface area contributed by atoms with Crippen molar-refractivity contribution in [1.82, 2.24) is 0 Å². The van der Waals surface area contributed by atoms with Gasteiger partial charge in [0.25, 0.3) is 0 Å². The van der Waals surface area contributed by atoms with Crippen LogP contribution in [-0.4, -0.2) is 27.3 Å². The molecule has 0 fully saturated rings. The molecule has 26 heavy (non-hydrogen) atoms. The standard InChI is InChI=1S/C14H11NO3.C4H4O4/c1-7-6-18-14-8(2)12(15-17)13(16)10-5-3-4-9(7)11(10)14;5-3(6)1-2-4(7)8/h3-6,16H,1-2H3;1-2H,(H,5,6)(H,7,8)/b;2-1+. The van der Waals surface area contributed by atoms with Gasteiger partial charge in [0.2, 0.25) is 0 Å². The van der Waals surface area contributed by atoms with Crippen LogP contribution in [0.3, 0.4) is 0 Å². The molecular weight excluding hydrogens is 342 g/mol. The molecule has 134 valence electrons. The van der Waals surface area contributed by atoms with Crippen LogP contribution < -0.4 is 4.74 Å². The molecule has 2 aromatic rings. The lowest BCUT2D eigenvalue weighted by atomic mass is 9.94. The molecule has 3 N–H and O–H groups in total. The van der Waals surface area contributed by atoms with Crippen LogP contribution in [0.25, 0.3) is 16.3 Å². The predicted octanol–water partition coefficient (Wildman–Crippen LogP) is 3.72. The quantitative estimate of drug-likeness (QED) is 0.563. The van der Waals surface area contributed by atoms with Crippen LogP contribution >= 0.6 is 0 Å². The molecule has 8 heteroatoms. The third kappa shape index (κ3) is 3.54. The molecule has 0 amide bonds. The lowest BCUT2D eigenvalue weighted by Crippen LogP contribution is -1.99. The van der Waals surface area contributed by atoms with Gasteiger partial charge in [0.15, 0.2) is 11.4 Å². The zero-order valence-electron chi connectivity index (χ0n) is 13.9. The highest BCUT2D eigenvalue weighted by atomic mass is 16.5. The average Bonchev–Trinajstić information content (AvgIpc) is 2.60. The Morgan fingerprint density at radius 2 is 1.73 bits per heavy atom. The second-order valence-corrected chi connectivity index (χ2v) is 5.40. The SMILES string of the molecule is CC1=COc2c(C)c(N=O)c(O)c3cccc1c23.O=C(O)/C=C/C(=O)O. The molecule has 1 aliphatic heterocycles. The molecule has 1 heterocycles. The molecule has 1 aliphatic rings. The van der Waals surface area contributed by atoms with Crippen LogP contribution in [0.4, 0.5) is 5.69 Å². The summed E-state index contributed by atoms with van der Waals surface area (Å²) in [6.45, 7) is 3.66. The highest BCUT2D eigenvalue weighted by Gasteiger charge is 2.23. The number of carbonyl (C=O) groups is 2. The lowest BCUT2D eigenvalue weighted by Gasteiger charge is -2.20. The average molecular weight is 357 g/mol. The van der Waals surface area contributed by atoms with Gasteiger partial charge in [-0.1, -0.05) is 18.2 Å². The van der Waals surface area contributed by atoms with E-state index >= 15 is 0 Å². The smallest absolute Gasteiger partial charge is 0.328 e. The van der Waals surface area contributed by atoms with E-state index in [0.717, 1.165) is 16.5 Å². The number of carboxylic acid groups (broad SMARTS) is 2. The van der Waals surface area contributed by atoms with E-state index in [9.17, 15) is 19.6 Å². The number of hydrogen-bond acceptors (Lipinski definition) is 6. The monoisotopic (exact) mass is 357 g/mol. The maximum absolute atomic E-state index is 10.8. The first-order chi connectivity index (χ1) is 12.3. The minimum absolute atomic E-state index is 0.0441. The summed E-state index contributed by atoms with van der Waals surface area (Å²) in [6, 6.07) is 5.56. The second kappa shape index (κ2) is 7.47. The maximum atomic E-state index is 10.8. The number of benzene rings is 2. The van der Waals surface area contributed by atoms with Crippen molar-refractivity contribution in [3.8, 4) is 11.5 Å². The van der Waals surface area contributed by atoms with Gasteiger partial charge in [0.05, 0.1) is 6.26 Å². The molecular formula is C18H15NO7. The number of ether oxygens (including phenoxy) is 1. The molecule has 2 aromatic carbocycles. The van der Waals surface area contributed by atoms with Crippen molar-refractivity contribution in [1.29, 1.82) is 0 Å². The summed E-state index contributed by atoms with van der Waals surface area (Å²) in [7, 11) is 0. The van der Waals surface area contributed by atoms with Crippen LogP contribution in [0.1, 0.15) is 18.1 Å². The molecule has 0 aromatic heterocycles. The summed E-state index contributed by atoms with van der Waals surface area (Å²) in [5.74, 6) is -2.00. The van der Waals surface area contributed by atoms with Crippen molar-refractivity contribution in [2.24, 2.45) is 5.18 Å². The van der Waals surface area contributed by atoms with Crippen LogP contribution in [-0.2, 0) is 9.59 Å². The molecule has 0 aliphatic carbocycles. The Labute approximate surface area is 147 Å². The molecule has 0 saturated heterocycles. The van der Waals surface area contributed by atoms with Crippen molar-refractivity contribution >= 4 is 34.0 Å². The maximum Gasteiger partial charge on any atom is 0.328 e. The highest BCUT2D eigenvalue weighted by Crippen LogP contribution is 2.48. The molecule has 3 rings (SSSR count). The van der Waals surface area contributed by atoms with Crippen molar-refractivity contribution in [2.75, 3.05) is 0 Å². The van der Waals surface area contributed by atoms with E-state index in [4.69, 9.17) is 14.9 Å². The summed E-state index contributed by atoms with van der Waals surface area (Å²) < 4.78 is 5.56. The van der Waals surface area contributed by atoms with Crippen LogP contribution in [0.5, 0.6) is 11.5 Å². The van der Waals surface area contributed by atoms with E-state index in [2.05, 4.69) is 5.18 Å². The molecule has 0 spiro atoms. The minimum Gasteiger partial charge on any atom is -0.505 e. The van der Waals surface area contributed by atoms with Gasteiger partial charge < -0.3 is 20.1 Å². The number of nitrogens with zero attached hydrogens (tertiary/aromatic N) is 1. The Morgan fingerprint density at radius 3 is 2.27 bits per heavy atom. The number of allylic oxidation sites excluding steroid dienone is 1. The van der Waals surface area contributed by atoms with Crippen molar-refractivity contribution in [3.63, 3.8) is 0 Å². The number of aromatic hydroxyl groups is 1. The van der Waals surface area contributed by atoms with E-state index in [1.165, 1.54) is 0 Å². The number of nitroso groups, excluding NO2 is 1. The predicted molar refractivity (Wildman–Crippen MR) is 94.5 cm³/mol. The van der Waals surface area contributed by atoms with E-state index in [1.807, 2.05) is 19.1 Å². The fourth-order valence-electron chi connectivity index (χ4n) is 2.54. The molecule has 8 nitrogen and oxygen atoms in total. The van der Waals surface area contributed by atoms with Gasteiger partial charge in [-0.05, 0) is 30.2 Å². The zero-order chi connectivity index (χ0) is 19.4. The Morgan fingerprint density at radius 1 is 1.12 bits per heavy atom. The Kier molecular flexibility index (Phi) is 5.36. The number of carboxylic acids is 2. The first-order valence-corrected chi connectivity index (χ1v) is 7.37. The van der Waals surface area contributed by atoms with E-state index < -0.39 is 11.9 Å². The first-order valence-electron chi connectivity index (χ1n) is 7.37. The van der Waals surface area contributed by atoms with Gasteiger partial charge in [-0.15, -0.1) is 4.91 Å². The summed E-state index contributed by atoms with van der Waals surface area (Å²) in [5.41, 5.74) is 2.59. The highest BCUT2D eigenvalue weighted by molar-refractivity contribution is 6.05. The van der Waals surface area contributed by atoms with Crippen LogP contribution in [0, 0.1) is 11.8 Å². The van der Waals surface area contributed by atoms with Gasteiger partial charge >= 0.3 is 11.9 Å². The van der Waals surface area contributed by atoms with Crippen molar-refractivity contribution < 1.29 is 29.6 Å². The zero-order valence-corrected chi connectivity index (χ0v) is 13.9. The van der Waals surface area contributed by atoms with Crippen LogP contribution in [0.15, 0.2) is 41.8 Å². The molecule has 0 bridgehead atoms. The topological polar surface area (TPSA) is 133 Å². The second-order valence-electron chi connectivity index (χ2n) is 5.40. The van der Waals surface area contributed by atoms with Gasteiger partial charge in [-0.3, -0.25) is 0 Å². The van der Waals surface area contributed by atoms with Gasteiger partial charge in [-0.25, -0.2) is 9.59 Å². The number of rotatable bonds is 3. The Bertz CT molecular complexity index is 957. The fraction of sp³-hybridized carbons (Fsp3) is 0.111. The molecule has 0 radical (unpaired) electrons. The number of phenols is 1. The summed E-state index contributed by atoms with van der Waals surface area (Å²) >= 11 is 0. The minimum atomic E-state index is -1.26. The van der Waals surface area contributed by atoms with Gasteiger partial charge in [0, 0.05) is 28.5 Å². The third-order valence-corrected chi connectivity index (χ3v) is 3.70. The Balaban J connectivity index is 0.000000260. The Hall–Kier alpha value is -3.68. The normalized spacial score (nSPS) is 12.0. The first kappa shape index (κ1) is 18.7. The largest absolute Gasteiger partial charge is 0.505 e. The lowest BCUT2D eigenvalue weighted by molar-refractivity contribution is -0.134. The molecule has 0 unspecified atom stereocenters. The third-order valence-electron chi connectivity index (χ3n) is 3.70. The van der Waals surface area contributed by atoms with E-state index in [-0.39, 0.29) is 11.4 Å². The molecule has 0 atom stereocenters.